The van der Waals surface area contributed by atoms with Crippen LogP contribution < -0.4 is 4.57 Å². The molecule has 0 bridgehead atoms. The van der Waals surface area contributed by atoms with Crippen molar-refractivity contribution in [1.82, 2.24) is 0 Å². The van der Waals surface area contributed by atoms with Crippen LogP contribution in [-0.4, -0.2) is 0 Å². The largest absolute Gasteiger partial charge is 0.213 e. The lowest BCUT2D eigenvalue weighted by molar-refractivity contribution is -0.633. The number of benzene rings is 2. The second-order valence-electron chi connectivity index (χ2n) is 7.47. The van der Waals surface area contributed by atoms with E-state index in [1.165, 1.54) is 50.0 Å². The second-order valence-corrected chi connectivity index (χ2v) is 7.47. The van der Waals surface area contributed by atoms with Crippen molar-refractivity contribution in [2.24, 2.45) is 7.05 Å². The van der Waals surface area contributed by atoms with E-state index in [0.717, 1.165) is 0 Å². The molecule has 0 fully saturated rings. The zero-order valence-corrected chi connectivity index (χ0v) is 16.0. The van der Waals surface area contributed by atoms with Crippen molar-refractivity contribution >= 4 is 10.9 Å². The maximum atomic E-state index is 2.40. The molecule has 0 atom stereocenters. The number of hydrogen-bond donors (Lipinski definition) is 0. The summed E-state index contributed by atoms with van der Waals surface area (Å²) in [5.41, 5.74) is 10.8. The average molecular weight is 318 g/mol. The van der Waals surface area contributed by atoms with Crippen LogP contribution in [-0.2, 0) is 7.05 Å². The van der Waals surface area contributed by atoms with E-state index in [2.05, 4.69) is 89.6 Å². The van der Waals surface area contributed by atoms with Gasteiger partial charge in [0.1, 0.15) is 7.05 Å². The van der Waals surface area contributed by atoms with Gasteiger partial charge in [0.2, 0.25) is 11.2 Å². The van der Waals surface area contributed by atoms with Gasteiger partial charge in [-0.1, -0.05) is 37.1 Å². The molecule has 0 aliphatic rings. The molecular formula is C23H28N+. The van der Waals surface area contributed by atoms with Gasteiger partial charge in [-0.2, -0.15) is 4.57 Å². The van der Waals surface area contributed by atoms with Crippen LogP contribution in [0.5, 0.6) is 0 Å². The van der Waals surface area contributed by atoms with E-state index in [1.54, 1.807) is 0 Å². The molecule has 0 saturated heterocycles. The Balaban J connectivity index is 2.42. The molecule has 0 saturated carbocycles. The zero-order valence-electron chi connectivity index (χ0n) is 16.0. The van der Waals surface area contributed by atoms with Gasteiger partial charge in [0.05, 0.1) is 5.39 Å². The van der Waals surface area contributed by atoms with E-state index < -0.39 is 0 Å². The minimum absolute atomic E-state index is 0.500. The maximum absolute atomic E-state index is 2.40. The summed E-state index contributed by atoms with van der Waals surface area (Å²) in [7, 11) is 2.19. The van der Waals surface area contributed by atoms with Crippen LogP contribution in [0.1, 0.15) is 47.6 Å². The fraction of sp³-hybridized carbons (Fsp3) is 0.348. The number of fused-ring (bicyclic) bond motifs is 1. The fourth-order valence-electron chi connectivity index (χ4n) is 3.67. The van der Waals surface area contributed by atoms with E-state index in [4.69, 9.17) is 0 Å². The van der Waals surface area contributed by atoms with Crippen LogP contribution in [0.25, 0.3) is 22.2 Å². The van der Waals surface area contributed by atoms with Gasteiger partial charge in [-0.25, -0.2) is 0 Å². The summed E-state index contributed by atoms with van der Waals surface area (Å²) in [5.74, 6) is 0.500. The van der Waals surface area contributed by atoms with Crippen LogP contribution in [0.2, 0.25) is 0 Å². The maximum Gasteiger partial charge on any atom is 0.213 e. The van der Waals surface area contributed by atoms with Gasteiger partial charge in [-0.15, -0.1) is 0 Å². The van der Waals surface area contributed by atoms with E-state index >= 15 is 0 Å². The third kappa shape index (κ3) is 2.73. The molecule has 3 rings (SSSR count). The lowest BCUT2D eigenvalue weighted by Gasteiger charge is -2.15. The quantitative estimate of drug-likeness (QED) is 0.535. The molecule has 3 aromatic rings. The minimum atomic E-state index is 0.500. The Hall–Kier alpha value is -2.15. The van der Waals surface area contributed by atoms with Crippen molar-refractivity contribution in [3.63, 3.8) is 0 Å². The molecule has 0 radical (unpaired) electrons. The van der Waals surface area contributed by atoms with Crippen LogP contribution in [0, 0.1) is 27.7 Å². The summed E-state index contributed by atoms with van der Waals surface area (Å²) in [6, 6.07) is 13.8. The van der Waals surface area contributed by atoms with Gasteiger partial charge in [-0.3, -0.25) is 0 Å². The number of aromatic nitrogens is 1. The van der Waals surface area contributed by atoms with E-state index in [0.29, 0.717) is 5.92 Å². The average Bonchev–Trinajstić information content (AvgIpc) is 2.51. The van der Waals surface area contributed by atoms with Crippen molar-refractivity contribution in [3.8, 4) is 11.3 Å². The van der Waals surface area contributed by atoms with Crippen LogP contribution >= 0.6 is 0 Å². The van der Waals surface area contributed by atoms with E-state index in [9.17, 15) is 0 Å². The van der Waals surface area contributed by atoms with Gasteiger partial charge in [-0.05, 0) is 62.4 Å². The zero-order chi connectivity index (χ0) is 17.6. The molecule has 0 aliphatic heterocycles. The summed E-state index contributed by atoms with van der Waals surface area (Å²) in [6.45, 7) is 13.4. The molecule has 1 heteroatoms. The fourth-order valence-corrected chi connectivity index (χ4v) is 3.67. The van der Waals surface area contributed by atoms with Crippen molar-refractivity contribution in [2.75, 3.05) is 0 Å². The molecule has 0 amide bonds. The smallest absolute Gasteiger partial charge is 0.194 e. The van der Waals surface area contributed by atoms with Crippen molar-refractivity contribution in [3.05, 3.63) is 64.2 Å². The molecule has 124 valence electrons. The van der Waals surface area contributed by atoms with Gasteiger partial charge in [0, 0.05) is 17.7 Å². The number of nitrogens with zero attached hydrogens (tertiary/aromatic N) is 1. The predicted octanol–water partition coefficient (Wildman–Crippen LogP) is 5.69. The Morgan fingerprint density at radius 3 is 2.21 bits per heavy atom. The Morgan fingerprint density at radius 1 is 0.833 bits per heavy atom. The highest BCUT2D eigenvalue weighted by molar-refractivity contribution is 5.83. The Kier molecular flexibility index (Phi) is 4.21. The molecule has 24 heavy (non-hydrogen) atoms. The van der Waals surface area contributed by atoms with Crippen LogP contribution in [0.3, 0.4) is 0 Å². The first-order valence-electron chi connectivity index (χ1n) is 8.81. The van der Waals surface area contributed by atoms with Crippen LogP contribution in [0.15, 0.2) is 36.4 Å². The summed E-state index contributed by atoms with van der Waals surface area (Å²) in [5, 5.41) is 1.37. The predicted molar refractivity (Wildman–Crippen MR) is 104 cm³/mol. The van der Waals surface area contributed by atoms with Crippen LogP contribution in [0.4, 0.5) is 0 Å². The lowest BCUT2D eigenvalue weighted by Crippen LogP contribution is -2.33. The minimum Gasteiger partial charge on any atom is -0.194 e. The molecule has 2 aromatic carbocycles. The monoisotopic (exact) mass is 318 g/mol. The van der Waals surface area contributed by atoms with E-state index in [-0.39, 0.29) is 0 Å². The lowest BCUT2D eigenvalue weighted by atomic mass is 9.92. The third-order valence-corrected chi connectivity index (χ3v) is 5.19. The topological polar surface area (TPSA) is 3.88 Å². The van der Waals surface area contributed by atoms with Gasteiger partial charge >= 0.3 is 0 Å². The highest BCUT2D eigenvalue weighted by atomic mass is 14.9. The molecule has 0 unspecified atom stereocenters. The molecule has 0 aliphatic carbocycles. The molecule has 0 N–H and O–H groups in total. The molecule has 1 nitrogen and oxygen atoms in total. The summed E-state index contributed by atoms with van der Waals surface area (Å²) < 4.78 is 2.35. The first-order valence-corrected chi connectivity index (χ1v) is 8.81. The van der Waals surface area contributed by atoms with Crippen molar-refractivity contribution < 1.29 is 4.57 Å². The molecule has 0 spiro atoms. The van der Waals surface area contributed by atoms with Crippen molar-refractivity contribution in [2.45, 2.75) is 47.5 Å². The first kappa shape index (κ1) is 16.7. The first-order chi connectivity index (χ1) is 11.3. The Morgan fingerprint density at radius 2 is 1.54 bits per heavy atom. The van der Waals surface area contributed by atoms with Gasteiger partial charge < -0.3 is 0 Å². The Labute approximate surface area is 146 Å². The summed E-state index contributed by atoms with van der Waals surface area (Å²) in [6.07, 6.45) is 0. The highest BCUT2D eigenvalue weighted by Crippen LogP contribution is 2.31. The third-order valence-electron chi connectivity index (χ3n) is 5.19. The van der Waals surface area contributed by atoms with Gasteiger partial charge in [0.25, 0.3) is 0 Å². The second kappa shape index (κ2) is 6.05. The molecule has 1 aromatic heterocycles. The highest BCUT2D eigenvalue weighted by Gasteiger charge is 2.21. The normalized spacial score (nSPS) is 11.5. The standard InChI is InChI=1S/C23H28N/c1-14(2)19-13-23(20-12-16(4)10-17(5)18(20)6)24(7)22-9-8-15(3)11-21(19)22/h8-14H,1-7H3/q+1. The number of rotatable bonds is 2. The SMILES string of the molecule is Cc1cc(C)c(C)c(-c2cc(C(C)C)c3cc(C)ccc3[n+]2C)c1. The molecule has 1 heterocycles. The van der Waals surface area contributed by atoms with Crippen molar-refractivity contribution in [1.29, 1.82) is 0 Å². The Bertz CT molecular complexity index is 933. The number of aryl methyl sites for hydroxylation is 4. The number of hydrogen-bond acceptors (Lipinski definition) is 0. The summed E-state index contributed by atoms with van der Waals surface area (Å²) >= 11 is 0. The number of pyridine rings is 1. The molecular weight excluding hydrogens is 290 g/mol. The van der Waals surface area contributed by atoms with Gasteiger partial charge in [0.15, 0.2) is 0 Å². The summed E-state index contributed by atoms with van der Waals surface area (Å²) in [4.78, 5) is 0. The van der Waals surface area contributed by atoms with E-state index in [1.807, 2.05) is 0 Å².